The Bertz CT molecular complexity index is 469. The van der Waals surface area contributed by atoms with Crippen molar-refractivity contribution >= 4 is 30.8 Å². The number of aliphatic imine (C=N–C) groups is 1. The van der Waals surface area contributed by atoms with E-state index in [4.69, 9.17) is 10.7 Å². The molecule has 0 unspecified atom stereocenters. The molecule has 164 valence electrons. The predicted octanol–water partition coefficient (Wildman–Crippen LogP) is 4.70. The summed E-state index contributed by atoms with van der Waals surface area (Å²) in [7, 11) is 2.22. The van der Waals surface area contributed by atoms with E-state index in [0.29, 0.717) is 5.54 Å². The van der Waals surface area contributed by atoms with E-state index in [1.165, 1.54) is 96.7 Å². The van der Waals surface area contributed by atoms with Crippen LogP contribution in [0, 0.1) is 17.8 Å². The molecule has 4 nitrogen and oxygen atoms in total. The highest BCUT2D eigenvalue weighted by atomic mass is 35.5. The summed E-state index contributed by atoms with van der Waals surface area (Å²) in [6, 6.07) is 0. The fourth-order valence-electron chi connectivity index (χ4n) is 6.83. The van der Waals surface area contributed by atoms with Crippen LogP contribution in [0.15, 0.2) is 4.99 Å². The normalized spacial score (nSPS) is 34.2. The lowest BCUT2D eigenvalue weighted by molar-refractivity contribution is -0.0550. The van der Waals surface area contributed by atoms with Crippen LogP contribution in [-0.4, -0.2) is 54.5 Å². The van der Waals surface area contributed by atoms with E-state index in [9.17, 15) is 0 Å². The second-order valence-electron chi connectivity index (χ2n) is 9.90. The number of rotatable bonds is 8. The minimum atomic E-state index is 0. The monoisotopic (exact) mass is 432 g/mol. The van der Waals surface area contributed by atoms with Crippen molar-refractivity contribution in [1.29, 1.82) is 0 Å². The topological polar surface area (TPSA) is 44.9 Å². The van der Waals surface area contributed by atoms with E-state index < -0.39 is 0 Å². The van der Waals surface area contributed by atoms with Crippen LogP contribution < -0.4 is 5.73 Å². The molecule has 5 rings (SSSR count). The highest BCUT2D eigenvalue weighted by molar-refractivity contribution is 5.85. The maximum absolute atomic E-state index is 6.43. The summed E-state index contributed by atoms with van der Waals surface area (Å²) in [6.45, 7) is 4.88. The second-order valence-corrected chi connectivity index (χ2v) is 9.90. The molecule has 0 radical (unpaired) electrons. The van der Waals surface area contributed by atoms with Crippen LogP contribution in [0.25, 0.3) is 0 Å². The van der Waals surface area contributed by atoms with Crippen molar-refractivity contribution in [2.45, 2.75) is 82.6 Å². The van der Waals surface area contributed by atoms with Gasteiger partial charge < -0.3 is 15.5 Å². The Balaban J connectivity index is 0.00000140. The molecular weight excluding hydrogens is 391 g/mol. The lowest BCUT2D eigenvalue weighted by atomic mass is 9.52. The molecule has 4 aliphatic carbocycles. The van der Waals surface area contributed by atoms with Gasteiger partial charge in [-0.05, 0) is 102 Å². The largest absolute Gasteiger partial charge is 0.370 e. The molecule has 4 bridgehead atoms. The fourth-order valence-corrected chi connectivity index (χ4v) is 6.83. The standard InChI is InChI=1S/C22H40N4.2ClH/c1-25(22-15-18-12-19(16-22)14-20(13-18)17-22)21(23)24-8-4-2-3-5-9-26-10-6-7-11-26;;/h18-20H,2-17H2,1H3,(H2,23,24);2*1H. The van der Waals surface area contributed by atoms with Crippen molar-refractivity contribution in [3.05, 3.63) is 0 Å². The first-order valence-electron chi connectivity index (χ1n) is 11.4. The Hall–Kier alpha value is -0.190. The minimum absolute atomic E-state index is 0. The van der Waals surface area contributed by atoms with Crippen LogP contribution in [0.5, 0.6) is 0 Å². The van der Waals surface area contributed by atoms with Crippen LogP contribution >= 0.6 is 24.8 Å². The highest BCUT2D eigenvalue weighted by Gasteiger charge is 2.53. The number of hydrogen-bond donors (Lipinski definition) is 1. The molecule has 0 aromatic heterocycles. The zero-order valence-corrected chi connectivity index (χ0v) is 19.4. The average molecular weight is 434 g/mol. The molecule has 2 N–H and O–H groups in total. The van der Waals surface area contributed by atoms with Gasteiger partial charge in [-0.2, -0.15) is 0 Å². The Morgan fingerprint density at radius 3 is 2.04 bits per heavy atom. The summed E-state index contributed by atoms with van der Waals surface area (Å²) in [5.74, 6) is 3.70. The van der Waals surface area contributed by atoms with Crippen LogP contribution in [-0.2, 0) is 0 Å². The Morgan fingerprint density at radius 1 is 0.929 bits per heavy atom. The van der Waals surface area contributed by atoms with Crippen molar-refractivity contribution in [3.8, 4) is 0 Å². The number of guanidine groups is 1. The zero-order chi connectivity index (χ0) is 18.0. The lowest BCUT2D eigenvalue weighted by Gasteiger charge is -2.60. The third-order valence-electron chi connectivity index (χ3n) is 7.92. The van der Waals surface area contributed by atoms with Crippen LogP contribution in [0.4, 0.5) is 0 Å². The van der Waals surface area contributed by atoms with Crippen molar-refractivity contribution in [3.63, 3.8) is 0 Å². The summed E-state index contributed by atoms with van der Waals surface area (Å²) >= 11 is 0. The molecule has 0 amide bonds. The number of nitrogens with zero attached hydrogens (tertiary/aromatic N) is 3. The molecule has 4 saturated carbocycles. The summed E-state index contributed by atoms with van der Waals surface area (Å²) in [5, 5.41) is 0. The van der Waals surface area contributed by atoms with Gasteiger partial charge in [0.25, 0.3) is 0 Å². The van der Waals surface area contributed by atoms with Gasteiger partial charge in [0, 0.05) is 19.1 Å². The number of unbranched alkanes of at least 4 members (excludes halogenated alkanes) is 3. The fraction of sp³-hybridized carbons (Fsp3) is 0.955. The summed E-state index contributed by atoms with van der Waals surface area (Å²) < 4.78 is 0. The Labute approximate surface area is 184 Å². The molecule has 0 atom stereocenters. The van der Waals surface area contributed by atoms with Gasteiger partial charge in [-0.15, -0.1) is 24.8 Å². The first kappa shape index (κ1) is 24.1. The predicted molar refractivity (Wildman–Crippen MR) is 124 cm³/mol. The molecule has 1 saturated heterocycles. The number of halogens is 2. The molecule has 1 aliphatic heterocycles. The van der Waals surface area contributed by atoms with Gasteiger partial charge in [0.05, 0.1) is 0 Å². The van der Waals surface area contributed by atoms with E-state index in [2.05, 4.69) is 16.8 Å². The van der Waals surface area contributed by atoms with Crippen molar-refractivity contribution in [1.82, 2.24) is 9.80 Å². The van der Waals surface area contributed by atoms with Crippen LogP contribution in [0.3, 0.4) is 0 Å². The van der Waals surface area contributed by atoms with Gasteiger partial charge in [0.1, 0.15) is 0 Å². The van der Waals surface area contributed by atoms with Crippen LogP contribution in [0.1, 0.15) is 77.0 Å². The molecule has 0 aromatic carbocycles. The molecule has 1 heterocycles. The lowest BCUT2D eigenvalue weighted by Crippen LogP contribution is -2.61. The van der Waals surface area contributed by atoms with Gasteiger partial charge in [-0.3, -0.25) is 4.99 Å². The Morgan fingerprint density at radius 2 is 1.46 bits per heavy atom. The second kappa shape index (κ2) is 10.7. The molecular formula is C22H42Cl2N4. The third-order valence-corrected chi connectivity index (χ3v) is 7.92. The van der Waals surface area contributed by atoms with E-state index in [-0.39, 0.29) is 24.8 Å². The van der Waals surface area contributed by atoms with Crippen molar-refractivity contribution in [2.75, 3.05) is 33.2 Å². The van der Waals surface area contributed by atoms with Crippen molar-refractivity contribution < 1.29 is 0 Å². The summed E-state index contributed by atoms with van der Waals surface area (Å²) in [5.41, 5.74) is 6.78. The smallest absolute Gasteiger partial charge is 0.191 e. The first-order valence-corrected chi connectivity index (χ1v) is 11.4. The van der Waals surface area contributed by atoms with Gasteiger partial charge in [0.2, 0.25) is 0 Å². The molecule has 28 heavy (non-hydrogen) atoms. The average Bonchev–Trinajstić information content (AvgIpc) is 3.12. The quantitative estimate of drug-likeness (QED) is 0.343. The number of nitrogens with two attached hydrogens (primary N) is 1. The van der Waals surface area contributed by atoms with Crippen LogP contribution in [0.2, 0.25) is 0 Å². The molecule has 0 aromatic rings. The zero-order valence-electron chi connectivity index (χ0n) is 17.8. The van der Waals surface area contributed by atoms with E-state index in [1.807, 2.05) is 0 Å². The number of likely N-dealkylation sites (tertiary alicyclic amines) is 1. The molecule has 5 aliphatic rings. The summed E-state index contributed by atoms with van der Waals surface area (Å²) in [4.78, 5) is 9.78. The minimum Gasteiger partial charge on any atom is -0.370 e. The van der Waals surface area contributed by atoms with E-state index in [0.717, 1.165) is 30.3 Å². The third kappa shape index (κ3) is 5.49. The van der Waals surface area contributed by atoms with E-state index >= 15 is 0 Å². The number of hydrogen-bond acceptors (Lipinski definition) is 2. The Kier molecular flexibility index (Phi) is 9.22. The van der Waals surface area contributed by atoms with Gasteiger partial charge >= 0.3 is 0 Å². The van der Waals surface area contributed by atoms with Gasteiger partial charge in [-0.25, -0.2) is 0 Å². The maximum Gasteiger partial charge on any atom is 0.191 e. The summed E-state index contributed by atoms with van der Waals surface area (Å²) in [6.07, 6.45) is 16.6. The highest BCUT2D eigenvalue weighted by Crippen LogP contribution is 2.57. The van der Waals surface area contributed by atoms with Crippen molar-refractivity contribution in [2.24, 2.45) is 28.5 Å². The maximum atomic E-state index is 6.43. The van der Waals surface area contributed by atoms with Gasteiger partial charge in [0.15, 0.2) is 5.96 Å². The van der Waals surface area contributed by atoms with Gasteiger partial charge in [-0.1, -0.05) is 12.8 Å². The first-order chi connectivity index (χ1) is 12.6. The van der Waals surface area contributed by atoms with E-state index in [1.54, 1.807) is 0 Å². The molecule has 6 heteroatoms. The molecule has 5 fully saturated rings. The SMILES string of the molecule is CN(C(N)=NCCCCCCN1CCCC1)C12CC3CC(CC(C3)C1)C2.Cl.Cl. The molecule has 0 spiro atoms.